The van der Waals surface area contributed by atoms with Crippen LogP contribution in [0.4, 0.5) is 5.82 Å². The van der Waals surface area contributed by atoms with E-state index < -0.39 is 0 Å². The molecule has 7 heteroatoms. The highest BCUT2D eigenvalue weighted by atomic mass is 79.9. The molecule has 0 spiro atoms. The second-order valence-corrected chi connectivity index (χ2v) is 5.00. The van der Waals surface area contributed by atoms with Crippen LogP contribution in [0.5, 0.6) is 0 Å². The van der Waals surface area contributed by atoms with Crippen LogP contribution in [0.3, 0.4) is 0 Å². The molecular formula is C13H15BrN4O2. The molecule has 2 amide bonds. The molecule has 6 nitrogen and oxygen atoms in total. The normalized spacial score (nSPS) is 9.50. The molecule has 0 aliphatic rings. The van der Waals surface area contributed by atoms with Gasteiger partial charge in [-0.25, -0.2) is 4.98 Å². The number of halogens is 1. The molecule has 0 unspecified atom stereocenters. The van der Waals surface area contributed by atoms with Crippen LogP contribution >= 0.6 is 15.9 Å². The lowest BCUT2D eigenvalue weighted by Gasteiger charge is -2.15. The van der Waals surface area contributed by atoms with Crippen molar-refractivity contribution in [3.8, 4) is 12.3 Å². The number of pyridine rings is 1. The van der Waals surface area contributed by atoms with Gasteiger partial charge in [-0.05, 0) is 22.0 Å². The summed E-state index contributed by atoms with van der Waals surface area (Å²) in [4.78, 5) is 29.3. The van der Waals surface area contributed by atoms with Crippen molar-refractivity contribution in [1.29, 1.82) is 0 Å². The van der Waals surface area contributed by atoms with Crippen LogP contribution in [0.15, 0.2) is 16.7 Å². The zero-order chi connectivity index (χ0) is 15.1. The van der Waals surface area contributed by atoms with Gasteiger partial charge in [0.1, 0.15) is 5.82 Å². The van der Waals surface area contributed by atoms with E-state index in [1.807, 2.05) is 0 Å². The third kappa shape index (κ3) is 4.55. The molecule has 1 rings (SSSR count). The van der Waals surface area contributed by atoms with Gasteiger partial charge in [0.15, 0.2) is 0 Å². The smallest absolute Gasteiger partial charge is 0.255 e. The number of nitrogens with zero attached hydrogens (tertiary/aromatic N) is 2. The molecule has 0 aliphatic heterocycles. The quantitative estimate of drug-likeness (QED) is 0.761. The fourth-order valence-electron chi connectivity index (χ4n) is 1.42. The SMILES string of the molecule is C#CCNC(=O)CNC(=O)c1cc(Br)cnc1N(C)C. The minimum atomic E-state index is -0.377. The number of rotatable bonds is 5. The van der Waals surface area contributed by atoms with Crippen LogP contribution in [0.2, 0.25) is 0 Å². The van der Waals surface area contributed by atoms with Crippen molar-refractivity contribution in [3.63, 3.8) is 0 Å². The average molecular weight is 339 g/mol. The number of hydrogen-bond acceptors (Lipinski definition) is 4. The van der Waals surface area contributed by atoms with E-state index in [0.29, 0.717) is 15.9 Å². The maximum absolute atomic E-state index is 12.1. The van der Waals surface area contributed by atoms with Crippen LogP contribution in [-0.2, 0) is 4.79 Å². The second-order valence-electron chi connectivity index (χ2n) is 4.08. The summed E-state index contributed by atoms with van der Waals surface area (Å²) in [5.41, 5.74) is 0.383. The number of nitrogens with one attached hydrogen (secondary N) is 2. The molecular weight excluding hydrogens is 324 g/mol. The predicted octanol–water partition coefficient (Wildman–Crippen LogP) is 0.389. The Morgan fingerprint density at radius 3 is 2.75 bits per heavy atom. The Labute approximate surface area is 126 Å². The Kier molecular flexibility index (Phi) is 6.00. The van der Waals surface area contributed by atoms with Crippen molar-refractivity contribution in [2.24, 2.45) is 0 Å². The maximum Gasteiger partial charge on any atom is 0.255 e. The van der Waals surface area contributed by atoms with Gasteiger partial charge in [0.25, 0.3) is 5.91 Å². The summed E-state index contributed by atoms with van der Waals surface area (Å²) in [7, 11) is 3.57. The zero-order valence-electron chi connectivity index (χ0n) is 11.2. The minimum absolute atomic E-state index is 0.135. The zero-order valence-corrected chi connectivity index (χ0v) is 12.8. The Bertz CT molecular complexity index is 552. The van der Waals surface area contributed by atoms with E-state index in [9.17, 15) is 9.59 Å². The summed E-state index contributed by atoms with van der Waals surface area (Å²) in [6.45, 7) is -0.00398. The van der Waals surface area contributed by atoms with Crippen molar-refractivity contribution < 1.29 is 9.59 Å². The lowest BCUT2D eigenvalue weighted by Crippen LogP contribution is -2.37. The third-order valence-corrected chi connectivity index (χ3v) is 2.73. The van der Waals surface area contributed by atoms with Gasteiger partial charge in [-0.15, -0.1) is 6.42 Å². The largest absolute Gasteiger partial charge is 0.362 e. The Morgan fingerprint density at radius 2 is 2.15 bits per heavy atom. The van der Waals surface area contributed by atoms with Gasteiger partial charge in [0, 0.05) is 24.8 Å². The minimum Gasteiger partial charge on any atom is -0.362 e. The van der Waals surface area contributed by atoms with Crippen LogP contribution in [-0.4, -0.2) is 44.0 Å². The molecule has 0 atom stereocenters. The standard InChI is InChI=1S/C13H15BrN4O2/c1-4-5-15-11(19)8-17-13(20)10-6-9(14)7-16-12(10)18(2)3/h1,6-7H,5,8H2,2-3H3,(H,15,19)(H,17,20). The first-order chi connectivity index (χ1) is 9.45. The highest BCUT2D eigenvalue weighted by Crippen LogP contribution is 2.19. The topological polar surface area (TPSA) is 74.3 Å². The van der Waals surface area contributed by atoms with E-state index in [2.05, 4.69) is 37.5 Å². The van der Waals surface area contributed by atoms with Crippen LogP contribution < -0.4 is 15.5 Å². The summed E-state index contributed by atoms with van der Waals surface area (Å²) in [5, 5.41) is 4.99. The van der Waals surface area contributed by atoms with Crippen molar-refractivity contribution in [2.75, 3.05) is 32.1 Å². The first-order valence-electron chi connectivity index (χ1n) is 5.77. The van der Waals surface area contributed by atoms with Crippen molar-refractivity contribution in [3.05, 3.63) is 22.3 Å². The first-order valence-corrected chi connectivity index (χ1v) is 6.56. The van der Waals surface area contributed by atoms with E-state index in [1.54, 1.807) is 31.3 Å². The average Bonchev–Trinajstić information content (AvgIpc) is 2.41. The Hall–Kier alpha value is -2.07. The van der Waals surface area contributed by atoms with E-state index in [0.717, 1.165) is 0 Å². The molecule has 0 aliphatic carbocycles. The molecule has 0 saturated heterocycles. The fraction of sp³-hybridized carbons (Fsp3) is 0.308. The highest BCUT2D eigenvalue weighted by molar-refractivity contribution is 9.10. The van der Waals surface area contributed by atoms with E-state index >= 15 is 0 Å². The van der Waals surface area contributed by atoms with Crippen molar-refractivity contribution in [1.82, 2.24) is 15.6 Å². The van der Waals surface area contributed by atoms with Crippen LogP contribution in [0, 0.1) is 12.3 Å². The van der Waals surface area contributed by atoms with Gasteiger partial charge in [-0.1, -0.05) is 5.92 Å². The molecule has 1 aromatic heterocycles. The van der Waals surface area contributed by atoms with Gasteiger partial charge < -0.3 is 15.5 Å². The number of carbonyl (C=O) groups excluding carboxylic acids is 2. The van der Waals surface area contributed by atoms with Crippen molar-refractivity contribution in [2.45, 2.75) is 0 Å². The van der Waals surface area contributed by atoms with E-state index in [1.165, 1.54) is 0 Å². The summed E-state index contributed by atoms with van der Waals surface area (Å²) >= 11 is 3.27. The second kappa shape index (κ2) is 7.50. The molecule has 20 heavy (non-hydrogen) atoms. The monoisotopic (exact) mass is 338 g/mol. The number of terminal acetylenes is 1. The lowest BCUT2D eigenvalue weighted by molar-refractivity contribution is -0.119. The molecule has 0 radical (unpaired) electrons. The molecule has 1 heterocycles. The predicted molar refractivity (Wildman–Crippen MR) is 80.4 cm³/mol. The Morgan fingerprint density at radius 1 is 1.45 bits per heavy atom. The van der Waals surface area contributed by atoms with Crippen LogP contribution in [0.1, 0.15) is 10.4 Å². The van der Waals surface area contributed by atoms with Crippen molar-refractivity contribution >= 4 is 33.6 Å². The summed E-state index contributed by atoms with van der Waals surface area (Å²) in [6, 6.07) is 1.65. The number of aromatic nitrogens is 1. The maximum atomic E-state index is 12.1. The van der Waals surface area contributed by atoms with Gasteiger partial charge in [-0.2, -0.15) is 0 Å². The molecule has 0 aromatic carbocycles. The van der Waals surface area contributed by atoms with E-state index in [4.69, 9.17) is 6.42 Å². The number of amides is 2. The molecule has 1 aromatic rings. The van der Waals surface area contributed by atoms with Crippen LogP contribution in [0.25, 0.3) is 0 Å². The summed E-state index contributed by atoms with van der Waals surface area (Å²) < 4.78 is 0.685. The molecule has 0 bridgehead atoms. The van der Waals surface area contributed by atoms with Gasteiger partial charge in [0.2, 0.25) is 5.91 Å². The number of anilines is 1. The van der Waals surface area contributed by atoms with Gasteiger partial charge >= 0.3 is 0 Å². The first kappa shape index (κ1) is 16.0. The highest BCUT2D eigenvalue weighted by Gasteiger charge is 2.15. The van der Waals surface area contributed by atoms with Gasteiger partial charge in [-0.3, -0.25) is 9.59 Å². The third-order valence-electron chi connectivity index (χ3n) is 2.30. The molecule has 2 N–H and O–H groups in total. The van der Waals surface area contributed by atoms with Gasteiger partial charge in [0.05, 0.1) is 18.7 Å². The molecule has 106 valence electrons. The number of hydrogen-bond donors (Lipinski definition) is 2. The lowest BCUT2D eigenvalue weighted by atomic mass is 10.2. The van der Waals surface area contributed by atoms with E-state index in [-0.39, 0.29) is 24.9 Å². The fourth-order valence-corrected chi connectivity index (χ4v) is 1.75. The summed E-state index contributed by atoms with van der Waals surface area (Å²) in [6.07, 6.45) is 6.63. The number of carbonyl (C=O) groups is 2. The Balaban J connectivity index is 2.75. The summed E-state index contributed by atoms with van der Waals surface area (Å²) in [5.74, 6) is 2.09. The molecule has 0 fully saturated rings. The molecule has 0 saturated carbocycles.